The van der Waals surface area contributed by atoms with E-state index in [2.05, 4.69) is 0 Å². The van der Waals surface area contributed by atoms with Gasteiger partial charge >= 0.3 is 0 Å². The number of halogens is 2. The van der Waals surface area contributed by atoms with E-state index in [9.17, 15) is 13.6 Å². The van der Waals surface area contributed by atoms with E-state index in [0.717, 1.165) is 25.0 Å². The molecule has 1 aliphatic carbocycles. The lowest BCUT2D eigenvalue weighted by Gasteiger charge is -2.01. The maximum atomic E-state index is 13.3. The number of carbonyl (C=O) groups excluding carboxylic acids is 1. The highest BCUT2D eigenvalue weighted by atomic mass is 19.1. The monoisotopic (exact) mass is 210 g/mol. The van der Waals surface area contributed by atoms with Crippen molar-refractivity contribution in [2.24, 2.45) is 11.8 Å². The second-order valence-corrected chi connectivity index (χ2v) is 4.00. The predicted molar refractivity (Wildman–Crippen MR) is 52.6 cm³/mol. The lowest BCUT2D eigenvalue weighted by atomic mass is 10.0. The van der Waals surface area contributed by atoms with Crippen molar-refractivity contribution in [3.8, 4) is 0 Å². The smallest absolute Gasteiger partial charge is 0.169 e. The third-order valence-corrected chi connectivity index (χ3v) is 2.98. The first-order chi connectivity index (χ1) is 7.13. The molecule has 1 nitrogen and oxygen atoms in total. The molecule has 0 spiro atoms. The van der Waals surface area contributed by atoms with Crippen LogP contribution in [0.3, 0.4) is 0 Å². The molecule has 0 aliphatic heterocycles. The minimum atomic E-state index is -0.748. The van der Waals surface area contributed by atoms with Crippen LogP contribution in [0.4, 0.5) is 8.78 Å². The van der Waals surface area contributed by atoms with Gasteiger partial charge in [0.15, 0.2) is 5.78 Å². The van der Waals surface area contributed by atoms with E-state index in [4.69, 9.17) is 0 Å². The Bertz CT molecular complexity index is 401. The molecule has 0 unspecified atom stereocenters. The molecule has 2 atom stereocenters. The average Bonchev–Trinajstić information content (AvgIpc) is 2.95. The lowest BCUT2D eigenvalue weighted by molar-refractivity contribution is 0.0956. The number of benzene rings is 1. The Morgan fingerprint density at radius 2 is 2.20 bits per heavy atom. The van der Waals surface area contributed by atoms with Gasteiger partial charge in [-0.15, -0.1) is 0 Å². The standard InChI is InChI=1S/C12H12F2O/c1-2-7-5-10(7)12(15)9-4-3-8(13)6-11(9)14/h3-4,6-7,10H,2,5H2,1H3/t7-,10-/m1/s1. The number of hydrogen-bond acceptors (Lipinski definition) is 1. The molecule has 0 amide bonds. The van der Waals surface area contributed by atoms with E-state index < -0.39 is 11.6 Å². The molecule has 0 heterocycles. The molecule has 1 aromatic carbocycles. The van der Waals surface area contributed by atoms with E-state index in [1.165, 1.54) is 6.07 Å². The van der Waals surface area contributed by atoms with E-state index >= 15 is 0 Å². The van der Waals surface area contributed by atoms with Gasteiger partial charge in [-0.3, -0.25) is 4.79 Å². The summed E-state index contributed by atoms with van der Waals surface area (Å²) in [5.74, 6) is -1.23. The Kier molecular flexibility index (Phi) is 2.55. The van der Waals surface area contributed by atoms with Gasteiger partial charge in [-0.05, 0) is 24.5 Å². The summed E-state index contributed by atoms with van der Waals surface area (Å²) in [6.07, 6.45) is 1.78. The molecule has 3 heteroatoms. The molecule has 1 saturated carbocycles. The molecule has 0 radical (unpaired) electrons. The van der Waals surface area contributed by atoms with Crippen LogP contribution in [0.1, 0.15) is 30.1 Å². The predicted octanol–water partition coefficient (Wildman–Crippen LogP) is 3.19. The maximum Gasteiger partial charge on any atom is 0.169 e. The number of Topliss-reactive ketones (excluding diaryl/α,β-unsaturated/α-hetero) is 1. The van der Waals surface area contributed by atoms with Crippen LogP contribution in [-0.4, -0.2) is 5.78 Å². The Morgan fingerprint density at radius 1 is 1.47 bits per heavy atom. The first-order valence-corrected chi connectivity index (χ1v) is 5.12. The second-order valence-electron chi connectivity index (χ2n) is 4.00. The number of hydrogen-bond donors (Lipinski definition) is 0. The Hall–Kier alpha value is -1.25. The van der Waals surface area contributed by atoms with Crippen molar-refractivity contribution in [1.82, 2.24) is 0 Å². The van der Waals surface area contributed by atoms with Crippen LogP contribution in [0, 0.1) is 23.5 Å². The van der Waals surface area contributed by atoms with Gasteiger partial charge in [0.25, 0.3) is 0 Å². The Balaban J connectivity index is 2.20. The fourth-order valence-corrected chi connectivity index (χ4v) is 1.91. The maximum absolute atomic E-state index is 13.3. The molecule has 0 N–H and O–H groups in total. The Labute approximate surface area is 87.1 Å². The van der Waals surface area contributed by atoms with Crippen molar-refractivity contribution in [2.75, 3.05) is 0 Å². The molecule has 15 heavy (non-hydrogen) atoms. The molecule has 2 rings (SSSR count). The topological polar surface area (TPSA) is 17.1 Å². The highest BCUT2D eigenvalue weighted by Crippen LogP contribution is 2.43. The molecular formula is C12H12F2O. The minimum Gasteiger partial charge on any atom is -0.294 e. The first-order valence-electron chi connectivity index (χ1n) is 5.12. The summed E-state index contributed by atoms with van der Waals surface area (Å²) in [4.78, 5) is 11.7. The van der Waals surface area contributed by atoms with Crippen molar-refractivity contribution in [2.45, 2.75) is 19.8 Å². The van der Waals surface area contributed by atoms with E-state index in [1.807, 2.05) is 6.92 Å². The third kappa shape index (κ3) is 1.91. The van der Waals surface area contributed by atoms with Gasteiger partial charge in [-0.25, -0.2) is 8.78 Å². The molecule has 0 saturated heterocycles. The molecule has 1 fully saturated rings. The fourth-order valence-electron chi connectivity index (χ4n) is 1.91. The second kappa shape index (κ2) is 3.72. The fraction of sp³-hybridized carbons (Fsp3) is 0.417. The number of carbonyl (C=O) groups is 1. The van der Waals surface area contributed by atoms with Crippen molar-refractivity contribution in [3.05, 3.63) is 35.4 Å². The third-order valence-electron chi connectivity index (χ3n) is 2.98. The molecule has 80 valence electrons. The number of rotatable bonds is 3. The quantitative estimate of drug-likeness (QED) is 0.700. The summed E-state index contributed by atoms with van der Waals surface area (Å²) in [6.45, 7) is 2.01. The van der Waals surface area contributed by atoms with Crippen molar-refractivity contribution < 1.29 is 13.6 Å². The van der Waals surface area contributed by atoms with E-state index in [0.29, 0.717) is 5.92 Å². The van der Waals surface area contributed by atoms with Gasteiger partial charge in [0.05, 0.1) is 5.56 Å². The van der Waals surface area contributed by atoms with Crippen molar-refractivity contribution in [1.29, 1.82) is 0 Å². The number of ketones is 1. The summed E-state index contributed by atoms with van der Waals surface area (Å²) in [6, 6.07) is 3.12. The van der Waals surface area contributed by atoms with Gasteiger partial charge in [0, 0.05) is 12.0 Å². The lowest BCUT2D eigenvalue weighted by Crippen LogP contribution is -2.06. The zero-order valence-corrected chi connectivity index (χ0v) is 8.47. The zero-order chi connectivity index (χ0) is 11.0. The molecular weight excluding hydrogens is 198 g/mol. The van der Waals surface area contributed by atoms with Crippen LogP contribution >= 0.6 is 0 Å². The van der Waals surface area contributed by atoms with Gasteiger partial charge < -0.3 is 0 Å². The van der Waals surface area contributed by atoms with Crippen LogP contribution in [0.25, 0.3) is 0 Å². The van der Waals surface area contributed by atoms with Gasteiger partial charge in [-0.2, -0.15) is 0 Å². The van der Waals surface area contributed by atoms with Gasteiger partial charge in [0.2, 0.25) is 0 Å². The van der Waals surface area contributed by atoms with Gasteiger partial charge in [0.1, 0.15) is 11.6 Å². The normalized spacial score (nSPS) is 23.9. The SMILES string of the molecule is CC[C@@H]1C[C@H]1C(=O)c1ccc(F)cc1F. The highest BCUT2D eigenvalue weighted by molar-refractivity contribution is 5.99. The van der Waals surface area contributed by atoms with Crippen LogP contribution in [0.5, 0.6) is 0 Å². The molecule has 0 bridgehead atoms. The Morgan fingerprint density at radius 3 is 2.73 bits per heavy atom. The molecule has 0 aromatic heterocycles. The minimum absolute atomic E-state index is 0.0253. The van der Waals surface area contributed by atoms with E-state index in [1.54, 1.807) is 0 Å². The molecule has 1 aromatic rings. The van der Waals surface area contributed by atoms with Crippen molar-refractivity contribution in [3.63, 3.8) is 0 Å². The summed E-state index contributed by atoms with van der Waals surface area (Å²) < 4.78 is 25.9. The summed E-state index contributed by atoms with van der Waals surface area (Å²) >= 11 is 0. The van der Waals surface area contributed by atoms with E-state index in [-0.39, 0.29) is 17.3 Å². The zero-order valence-electron chi connectivity index (χ0n) is 8.47. The summed E-state index contributed by atoms with van der Waals surface area (Å²) in [7, 11) is 0. The summed E-state index contributed by atoms with van der Waals surface area (Å²) in [5.41, 5.74) is 0.0253. The largest absolute Gasteiger partial charge is 0.294 e. The van der Waals surface area contributed by atoms with Gasteiger partial charge in [-0.1, -0.05) is 13.3 Å². The molecule has 1 aliphatic rings. The van der Waals surface area contributed by atoms with Crippen LogP contribution in [-0.2, 0) is 0 Å². The first kappa shape index (κ1) is 10.3. The van der Waals surface area contributed by atoms with Crippen LogP contribution < -0.4 is 0 Å². The average molecular weight is 210 g/mol. The highest BCUT2D eigenvalue weighted by Gasteiger charge is 2.42. The summed E-state index contributed by atoms with van der Waals surface area (Å²) in [5, 5.41) is 0. The van der Waals surface area contributed by atoms with Crippen LogP contribution in [0.15, 0.2) is 18.2 Å². The van der Waals surface area contributed by atoms with Crippen molar-refractivity contribution >= 4 is 5.78 Å². The van der Waals surface area contributed by atoms with Crippen LogP contribution in [0.2, 0.25) is 0 Å².